The predicted octanol–water partition coefficient (Wildman–Crippen LogP) is 0.654. The maximum atomic E-state index is 4.51. The Morgan fingerprint density at radius 2 is 2.43 bits per heavy atom. The van der Waals surface area contributed by atoms with Crippen molar-refractivity contribution in [3.05, 3.63) is 0 Å². The van der Waals surface area contributed by atoms with Crippen LogP contribution < -0.4 is 5.90 Å². The summed E-state index contributed by atoms with van der Waals surface area (Å²) in [6.07, 6.45) is 0.965. The van der Waals surface area contributed by atoms with Gasteiger partial charge in [-0.2, -0.15) is 5.11 Å². The molecule has 0 atom stereocenters. The van der Waals surface area contributed by atoms with Gasteiger partial charge in [0.2, 0.25) is 0 Å². The van der Waals surface area contributed by atoms with Gasteiger partial charge in [0, 0.05) is 5.28 Å². The van der Waals surface area contributed by atoms with Gasteiger partial charge in [0.15, 0.2) is 0 Å². The molecule has 0 aromatic carbocycles. The lowest BCUT2D eigenvalue weighted by Gasteiger charge is -1.80. The molecule has 4 nitrogen and oxygen atoms in total. The fourth-order valence-electron chi connectivity index (χ4n) is 0.174. The minimum Gasteiger partial charge on any atom is -0.283 e. The summed E-state index contributed by atoms with van der Waals surface area (Å²) in [5.74, 6) is 4.51. The molecule has 7 heavy (non-hydrogen) atoms. The number of rotatable bonds is 3. The Kier molecular flexibility index (Phi) is 4.87. The van der Waals surface area contributed by atoms with Crippen LogP contribution in [0.15, 0.2) is 10.4 Å². The van der Waals surface area contributed by atoms with E-state index in [-0.39, 0.29) is 0 Å². The molecule has 2 N–H and O–H groups in total. The van der Waals surface area contributed by atoms with E-state index >= 15 is 0 Å². The van der Waals surface area contributed by atoms with Crippen LogP contribution in [0.1, 0.15) is 13.3 Å². The topological polar surface area (TPSA) is 60.0 Å². The molecule has 0 aliphatic carbocycles. The van der Waals surface area contributed by atoms with Crippen LogP contribution in [-0.4, -0.2) is 6.54 Å². The molecule has 0 fully saturated rings. The zero-order valence-corrected chi connectivity index (χ0v) is 4.29. The molecule has 0 heterocycles. The standard InChI is InChI=1S/C3H9N3O/c1-2-3-5-6-7-4/h2-4H2,1H3/b6-5-. The average Bonchev–Trinajstić information content (AvgIpc) is 1.69. The Balaban J connectivity index is 2.78. The highest BCUT2D eigenvalue weighted by Gasteiger charge is 1.69. The second kappa shape index (κ2) is 5.36. The lowest BCUT2D eigenvalue weighted by Crippen LogP contribution is -1.87. The number of hydrogen-bond acceptors (Lipinski definition) is 4. The van der Waals surface area contributed by atoms with Crippen molar-refractivity contribution in [1.82, 2.24) is 0 Å². The first-order valence-electron chi connectivity index (χ1n) is 2.14. The van der Waals surface area contributed by atoms with Crippen LogP contribution in [0.3, 0.4) is 0 Å². The first-order chi connectivity index (χ1) is 3.41. The molecule has 0 radical (unpaired) electrons. The summed E-state index contributed by atoms with van der Waals surface area (Å²) in [7, 11) is 0. The molecule has 0 unspecified atom stereocenters. The third-order valence-corrected chi connectivity index (χ3v) is 0.428. The van der Waals surface area contributed by atoms with Crippen molar-refractivity contribution >= 4 is 0 Å². The van der Waals surface area contributed by atoms with E-state index in [1.807, 2.05) is 6.92 Å². The van der Waals surface area contributed by atoms with Gasteiger partial charge in [0.25, 0.3) is 0 Å². The molecule has 4 heteroatoms. The Morgan fingerprint density at radius 3 is 2.86 bits per heavy atom. The van der Waals surface area contributed by atoms with Gasteiger partial charge >= 0.3 is 0 Å². The molecule has 0 amide bonds. The van der Waals surface area contributed by atoms with Gasteiger partial charge in [-0.15, -0.1) is 5.90 Å². The van der Waals surface area contributed by atoms with Gasteiger partial charge < -0.3 is 0 Å². The molecule has 0 rings (SSSR count). The van der Waals surface area contributed by atoms with Gasteiger partial charge in [-0.3, -0.25) is 4.94 Å². The van der Waals surface area contributed by atoms with Crippen LogP contribution in [0.2, 0.25) is 0 Å². The van der Waals surface area contributed by atoms with Crippen LogP contribution in [0.25, 0.3) is 0 Å². The summed E-state index contributed by atoms with van der Waals surface area (Å²) in [5.41, 5.74) is 0. The summed E-state index contributed by atoms with van der Waals surface area (Å²) < 4.78 is 0. The summed E-state index contributed by atoms with van der Waals surface area (Å²) >= 11 is 0. The molecule has 0 saturated carbocycles. The SMILES string of the molecule is CCC/N=N\ON. The summed E-state index contributed by atoms with van der Waals surface area (Å²) in [5, 5.41) is 6.55. The Hall–Kier alpha value is -0.640. The third-order valence-electron chi connectivity index (χ3n) is 0.428. The molecule has 0 saturated heterocycles. The number of nitrogens with two attached hydrogens (primary N) is 1. The fraction of sp³-hybridized carbons (Fsp3) is 1.00. The summed E-state index contributed by atoms with van der Waals surface area (Å²) in [6.45, 7) is 2.67. The third kappa shape index (κ3) is 5.36. The fourth-order valence-corrected chi connectivity index (χ4v) is 0.174. The van der Waals surface area contributed by atoms with Crippen molar-refractivity contribution in [3.63, 3.8) is 0 Å². The minimum absolute atomic E-state index is 0.678. The van der Waals surface area contributed by atoms with E-state index in [1.165, 1.54) is 0 Å². The van der Waals surface area contributed by atoms with Crippen molar-refractivity contribution in [1.29, 1.82) is 0 Å². The van der Waals surface area contributed by atoms with E-state index in [1.54, 1.807) is 0 Å². The number of nitrogens with zero attached hydrogens (tertiary/aromatic N) is 2. The van der Waals surface area contributed by atoms with Crippen LogP contribution in [0.5, 0.6) is 0 Å². The van der Waals surface area contributed by atoms with E-state index in [4.69, 9.17) is 0 Å². The van der Waals surface area contributed by atoms with E-state index < -0.39 is 0 Å². The van der Waals surface area contributed by atoms with Gasteiger partial charge in [0.1, 0.15) is 0 Å². The van der Waals surface area contributed by atoms with Gasteiger partial charge in [0.05, 0.1) is 6.54 Å². The van der Waals surface area contributed by atoms with E-state index in [0.29, 0.717) is 6.54 Å². The summed E-state index contributed by atoms with van der Waals surface area (Å²) in [4.78, 5) is 3.80. The summed E-state index contributed by atoms with van der Waals surface area (Å²) in [6, 6.07) is 0. The van der Waals surface area contributed by atoms with Gasteiger partial charge in [-0.25, -0.2) is 0 Å². The first kappa shape index (κ1) is 6.36. The lowest BCUT2D eigenvalue weighted by atomic mass is 10.5. The quantitative estimate of drug-likeness (QED) is 0.421. The monoisotopic (exact) mass is 103 g/mol. The zero-order chi connectivity index (χ0) is 5.54. The van der Waals surface area contributed by atoms with E-state index in [2.05, 4.69) is 21.2 Å². The van der Waals surface area contributed by atoms with Crippen LogP contribution >= 0.6 is 0 Å². The molecule has 0 aromatic rings. The van der Waals surface area contributed by atoms with Gasteiger partial charge in [-0.1, -0.05) is 6.92 Å². The highest BCUT2D eigenvalue weighted by molar-refractivity contribution is 4.26. The normalized spacial score (nSPS) is 10.0. The molecular weight excluding hydrogens is 94.1 g/mol. The molecule has 0 spiro atoms. The highest BCUT2D eigenvalue weighted by Crippen LogP contribution is 1.77. The largest absolute Gasteiger partial charge is 0.283 e. The lowest BCUT2D eigenvalue weighted by molar-refractivity contribution is 0.125. The van der Waals surface area contributed by atoms with Crippen molar-refractivity contribution in [2.24, 2.45) is 16.3 Å². The Labute approximate surface area is 42.3 Å². The first-order valence-corrected chi connectivity index (χ1v) is 2.14. The molecule has 0 aliphatic rings. The van der Waals surface area contributed by atoms with Crippen molar-refractivity contribution in [2.75, 3.05) is 6.54 Å². The van der Waals surface area contributed by atoms with Gasteiger partial charge in [-0.05, 0) is 6.42 Å². The van der Waals surface area contributed by atoms with Crippen molar-refractivity contribution in [2.45, 2.75) is 13.3 Å². The molecular formula is C3H9N3O. The second-order valence-electron chi connectivity index (χ2n) is 1.05. The second-order valence-corrected chi connectivity index (χ2v) is 1.05. The van der Waals surface area contributed by atoms with E-state index in [0.717, 1.165) is 6.42 Å². The Morgan fingerprint density at radius 1 is 1.71 bits per heavy atom. The smallest absolute Gasteiger partial charge is 0.0633 e. The predicted molar refractivity (Wildman–Crippen MR) is 25.3 cm³/mol. The van der Waals surface area contributed by atoms with Crippen molar-refractivity contribution < 1.29 is 4.94 Å². The molecule has 42 valence electrons. The van der Waals surface area contributed by atoms with Crippen LogP contribution in [0, 0.1) is 0 Å². The highest BCUT2D eigenvalue weighted by atomic mass is 16.8. The Bertz CT molecular complexity index is 54.1. The number of hydrogen-bond donors (Lipinski definition) is 1. The maximum Gasteiger partial charge on any atom is 0.0633 e. The van der Waals surface area contributed by atoms with E-state index in [9.17, 15) is 0 Å². The van der Waals surface area contributed by atoms with Crippen LogP contribution in [0.4, 0.5) is 0 Å². The van der Waals surface area contributed by atoms with Crippen LogP contribution in [-0.2, 0) is 4.94 Å². The molecule has 0 bridgehead atoms. The average molecular weight is 103 g/mol. The minimum atomic E-state index is 0.678. The van der Waals surface area contributed by atoms with Crippen molar-refractivity contribution in [3.8, 4) is 0 Å². The molecule has 0 aromatic heterocycles. The maximum absolute atomic E-state index is 4.51. The zero-order valence-electron chi connectivity index (χ0n) is 4.29. The molecule has 0 aliphatic heterocycles.